The molecule has 0 unspecified atom stereocenters. The molecule has 132 valence electrons. The fraction of sp³-hybridized carbons (Fsp3) is 0.300. The molecule has 2 rings (SSSR count). The molecular weight excluding hydrogens is 316 g/mol. The lowest BCUT2D eigenvalue weighted by atomic mass is 10.1. The minimum absolute atomic E-state index is 0.122. The van der Waals surface area contributed by atoms with E-state index in [1.165, 1.54) is 0 Å². The van der Waals surface area contributed by atoms with Gasteiger partial charge in [-0.05, 0) is 50.6 Å². The van der Waals surface area contributed by atoms with Gasteiger partial charge in [0, 0.05) is 11.3 Å². The Kier molecular flexibility index (Phi) is 5.93. The van der Waals surface area contributed by atoms with Crippen molar-refractivity contribution < 1.29 is 14.7 Å². The van der Waals surface area contributed by atoms with E-state index in [-0.39, 0.29) is 24.8 Å². The van der Waals surface area contributed by atoms with Crippen molar-refractivity contribution in [2.24, 2.45) is 0 Å². The maximum absolute atomic E-state index is 12.2. The lowest BCUT2D eigenvalue weighted by Crippen LogP contribution is -2.46. The van der Waals surface area contributed by atoms with Crippen molar-refractivity contribution >= 4 is 17.5 Å². The number of anilines is 1. The second-order valence-electron chi connectivity index (χ2n) is 6.78. The van der Waals surface area contributed by atoms with Gasteiger partial charge in [0.15, 0.2) is 0 Å². The van der Waals surface area contributed by atoms with E-state index in [0.29, 0.717) is 11.3 Å². The molecule has 2 amide bonds. The quantitative estimate of drug-likeness (QED) is 0.756. The van der Waals surface area contributed by atoms with Crippen molar-refractivity contribution in [3.63, 3.8) is 0 Å². The van der Waals surface area contributed by atoms with E-state index < -0.39 is 5.54 Å². The molecule has 0 aliphatic carbocycles. The van der Waals surface area contributed by atoms with Gasteiger partial charge in [-0.2, -0.15) is 0 Å². The lowest BCUT2D eigenvalue weighted by Gasteiger charge is -2.23. The van der Waals surface area contributed by atoms with E-state index in [4.69, 9.17) is 0 Å². The first-order valence-corrected chi connectivity index (χ1v) is 8.18. The van der Waals surface area contributed by atoms with Gasteiger partial charge in [-0.1, -0.05) is 29.8 Å². The van der Waals surface area contributed by atoms with Crippen molar-refractivity contribution in [3.05, 3.63) is 65.2 Å². The summed E-state index contributed by atoms with van der Waals surface area (Å²) >= 11 is 0. The average molecular weight is 340 g/mol. The van der Waals surface area contributed by atoms with Gasteiger partial charge < -0.3 is 15.7 Å². The number of carbonyl (C=O) groups is 2. The van der Waals surface area contributed by atoms with Crippen LogP contribution in [0.2, 0.25) is 0 Å². The number of rotatable bonds is 6. The zero-order chi connectivity index (χ0) is 18.4. The third kappa shape index (κ3) is 5.72. The Hall–Kier alpha value is -2.66. The molecule has 0 aliphatic rings. The monoisotopic (exact) mass is 340 g/mol. The minimum atomic E-state index is -0.640. The molecule has 0 aromatic heterocycles. The third-order valence-corrected chi connectivity index (χ3v) is 3.76. The molecule has 0 bridgehead atoms. The molecule has 3 N–H and O–H groups in total. The summed E-state index contributed by atoms with van der Waals surface area (Å²) in [6, 6.07) is 14.5. The molecule has 0 radical (unpaired) electrons. The standard InChI is InChI=1S/C20H24N2O3/c1-14-4-8-16(9-5-14)19(25)21-17-10-6-15(7-11-17)12-18(24)22-20(2,3)13-23/h4-11,23H,12-13H2,1-3H3,(H,21,25)(H,22,24). The molecule has 0 fully saturated rings. The number of nitrogens with one attached hydrogen (secondary N) is 2. The van der Waals surface area contributed by atoms with Crippen LogP contribution in [-0.4, -0.2) is 29.1 Å². The van der Waals surface area contributed by atoms with E-state index in [1.54, 1.807) is 50.2 Å². The van der Waals surface area contributed by atoms with Gasteiger partial charge in [-0.15, -0.1) is 0 Å². The van der Waals surface area contributed by atoms with Crippen LogP contribution in [0.15, 0.2) is 48.5 Å². The van der Waals surface area contributed by atoms with E-state index >= 15 is 0 Å². The van der Waals surface area contributed by atoms with Crippen molar-refractivity contribution in [2.45, 2.75) is 32.7 Å². The Morgan fingerprint density at radius 2 is 1.60 bits per heavy atom. The van der Waals surface area contributed by atoms with Gasteiger partial charge in [0.25, 0.3) is 5.91 Å². The molecule has 0 atom stereocenters. The summed E-state index contributed by atoms with van der Waals surface area (Å²) in [6.07, 6.45) is 0.218. The largest absolute Gasteiger partial charge is 0.394 e. The van der Waals surface area contributed by atoms with E-state index in [9.17, 15) is 14.7 Å². The molecule has 0 saturated heterocycles. The zero-order valence-corrected chi connectivity index (χ0v) is 14.8. The van der Waals surface area contributed by atoms with Crippen LogP contribution < -0.4 is 10.6 Å². The van der Waals surface area contributed by atoms with E-state index in [1.807, 2.05) is 19.1 Å². The normalized spacial score (nSPS) is 11.0. The number of hydrogen-bond donors (Lipinski definition) is 3. The van der Waals surface area contributed by atoms with Crippen molar-refractivity contribution in [2.75, 3.05) is 11.9 Å². The van der Waals surface area contributed by atoms with Crippen LogP contribution >= 0.6 is 0 Å². The van der Waals surface area contributed by atoms with Crippen LogP contribution in [-0.2, 0) is 11.2 Å². The summed E-state index contributed by atoms with van der Waals surface area (Å²) < 4.78 is 0. The first kappa shape index (κ1) is 18.7. The molecule has 5 heteroatoms. The van der Waals surface area contributed by atoms with Crippen molar-refractivity contribution in [1.29, 1.82) is 0 Å². The van der Waals surface area contributed by atoms with Gasteiger partial charge in [0.05, 0.1) is 18.6 Å². The predicted molar refractivity (Wildman–Crippen MR) is 98.6 cm³/mol. The number of aliphatic hydroxyl groups excluding tert-OH is 1. The fourth-order valence-corrected chi connectivity index (χ4v) is 2.26. The number of aryl methyl sites for hydroxylation is 1. The first-order valence-electron chi connectivity index (χ1n) is 8.18. The first-order chi connectivity index (χ1) is 11.8. The Morgan fingerprint density at radius 1 is 1.00 bits per heavy atom. The van der Waals surface area contributed by atoms with Crippen LogP contribution in [0.25, 0.3) is 0 Å². The summed E-state index contributed by atoms with van der Waals surface area (Å²) in [5.41, 5.74) is 2.56. The zero-order valence-electron chi connectivity index (χ0n) is 14.8. The van der Waals surface area contributed by atoms with Crippen LogP contribution in [0, 0.1) is 6.92 Å². The molecular formula is C20H24N2O3. The summed E-state index contributed by atoms with van der Waals surface area (Å²) in [5, 5.41) is 14.8. The highest BCUT2D eigenvalue weighted by atomic mass is 16.3. The SMILES string of the molecule is Cc1ccc(C(=O)Nc2ccc(CC(=O)NC(C)(C)CO)cc2)cc1. The van der Waals surface area contributed by atoms with Gasteiger partial charge in [-0.25, -0.2) is 0 Å². The predicted octanol–water partition coefficient (Wildman–Crippen LogP) is 2.68. The fourth-order valence-electron chi connectivity index (χ4n) is 2.26. The molecule has 0 aliphatic heterocycles. The maximum atomic E-state index is 12.2. The van der Waals surface area contributed by atoms with Gasteiger partial charge in [-0.3, -0.25) is 9.59 Å². The Morgan fingerprint density at radius 3 is 2.16 bits per heavy atom. The highest BCUT2D eigenvalue weighted by Crippen LogP contribution is 2.13. The van der Waals surface area contributed by atoms with E-state index in [0.717, 1.165) is 11.1 Å². The smallest absolute Gasteiger partial charge is 0.255 e. The maximum Gasteiger partial charge on any atom is 0.255 e. The minimum Gasteiger partial charge on any atom is -0.394 e. The van der Waals surface area contributed by atoms with Gasteiger partial charge in [0.1, 0.15) is 0 Å². The molecule has 0 heterocycles. The second kappa shape index (κ2) is 7.94. The summed E-state index contributed by atoms with van der Waals surface area (Å²) in [5.74, 6) is -0.328. The Balaban J connectivity index is 1.94. The molecule has 0 saturated carbocycles. The Bertz CT molecular complexity index is 735. The van der Waals surface area contributed by atoms with Gasteiger partial charge in [0.2, 0.25) is 5.91 Å². The second-order valence-corrected chi connectivity index (χ2v) is 6.78. The topological polar surface area (TPSA) is 78.4 Å². The number of amides is 2. The average Bonchev–Trinajstić information content (AvgIpc) is 2.56. The van der Waals surface area contributed by atoms with Crippen LogP contribution in [0.4, 0.5) is 5.69 Å². The molecule has 25 heavy (non-hydrogen) atoms. The molecule has 5 nitrogen and oxygen atoms in total. The highest BCUT2D eigenvalue weighted by molar-refractivity contribution is 6.04. The molecule has 2 aromatic carbocycles. The lowest BCUT2D eigenvalue weighted by molar-refractivity contribution is -0.122. The van der Waals surface area contributed by atoms with Crippen LogP contribution in [0.5, 0.6) is 0 Å². The summed E-state index contributed by atoms with van der Waals surface area (Å²) in [4.78, 5) is 24.1. The Labute approximate surface area is 148 Å². The third-order valence-electron chi connectivity index (χ3n) is 3.76. The number of benzene rings is 2. The summed E-state index contributed by atoms with van der Waals surface area (Å²) in [7, 11) is 0. The molecule has 2 aromatic rings. The van der Waals surface area contributed by atoms with Crippen molar-refractivity contribution in [3.8, 4) is 0 Å². The number of carbonyl (C=O) groups excluding carboxylic acids is 2. The van der Waals surface area contributed by atoms with E-state index in [2.05, 4.69) is 10.6 Å². The molecule has 0 spiro atoms. The van der Waals surface area contributed by atoms with Gasteiger partial charge >= 0.3 is 0 Å². The number of aliphatic hydroxyl groups is 1. The number of hydrogen-bond acceptors (Lipinski definition) is 3. The van der Waals surface area contributed by atoms with Crippen LogP contribution in [0.1, 0.15) is 35.3 Å². The highest BCUT2D eigenvalue weighted by Gasteiger charge is 2.19. The summed E-state index contributed by atoms with van der Waals surface area (Å²) in [6.45, 7) is 5.37. The van der Waals surface area contributed by atoms with Crippen LogP contribution in [0.3, 0.4) is 0 Å². The van der Waals surface area contributed by atoms with Crippen molar-refractivity contribution in [1.82, 2.24) is 5.32 Å².